The highest BCUT2D eigenvalue weighted by Gasteiger charge is 2.42. The molecular formula is C46H44Cl2N4O2. The Morgan fingerprint density at radius 3 is 1.41 bits per heavy atom. The lowest BCUT2D eigenvalue weighted by Crippen LogP contribution is -2.38. The lowest BCUT2D eigenvalue weighted by atomic mass is 9.98. The Kier molecular flexibility index (Phi) is 10.8. The molecule has 0 saturated heterocycles. The smallest absolute Gasteiger partial charge is 0.262 e. The average Bonchev–Trinajstić information content (AvgIpc) is 3.78. The number of carbonyl (C=O) groups is 2. The highest BCUT2D eigenvalue weighted by molar-refractivity contribution is 6.31. The zero-order valence-electron chi connectivity index (χ0n) is 30.9. The molecule has 1 aliphatic heterocycles. The van der Waals surface area contributed by atoms with Crippen molar-refractivity contribution in [2.75, 3.05) is 0 Å². The normalized spacial score (nSPS) is 13.8. The molecule has 54 heavy (non-hydrogen) atoms. The molecular weight excluding hydrogens is 711 g/mol. The van der Waals surface area contributed by atoms with Crippen molar-refractivity contribution in [2.24, 2.45) is 17.6 Å². The van der Waals surface area contributed by atoms with Gasteiger partial charge in [0.2, 0.25) is 0 Å². The fraction of sp³-hybridized carbons (Fsp3) is 0.217. The van der Waals surface area contributed by atoms with E-state index >= 15 is 0 Å². The summed E-state index contributed by atoms with van der Waals surface area (Å²) in [6.07, 6.45) is 0. The van der Waals surface area contributed by atoms with Crippen molar-refractivity contribution >= 4 is 56.8 Å². The van der Waals surface area contributed by atoms with Crippen LogP contribution in [0.1, 0.15) is 83.0 Å². The molecule has 2 unspecified atom stereocenters. The summed E-state index contributed by atoms with van der Waals surface area (Å²) in [5, 5.41) is 3.55. The number of nitrogens with zero attached hydrogens (tertiary/aromatic N) is 3. The molecule has 2 atom stereocenters. The summed E-state index contributed by atoms with van der Waals surface area (Å²) in [6.45, 7) is 9.86. The summed E-state index contributed by atoms with van der Waals surface area (Å²) in [7, 11) is 0. The Hall–Kier alpha value is -5.14. The highest BCUT2D eigenvalue weighted by atomic mass is 35.5. The molecule has 0 bridgehead atoms. The second kappa shape index (κ2) is 15.7. The van der Waals surface area contributed by atoms with E-state index in [1.54, 1.807) is 24.3 Å². The summed E-state index contributed by atoms with van der Waals surface area (Å²) in [4.78, 5) is 28.1. The van der Waals surface area contributed by atoms with Crippen molar-refractivity contribution in [3.8, 4) is 0 Å². The zero-order chi connectivity index (χ0) is 38.1. The van der Waals surface area contributed by atoms with Gasteiger partial charge < -0.3 is 14.9 Å². The molecule has 5 aromatic carbocycles. The number of fused-ring (bicyclic) bond motifs is 3. The third-order valence-corrected chi connectivity index (χ3v) is 10.7. The Labute approximate surface area is 326 Å². The van der Waals surface area contributed by atoms with E-state index in [1.807, 2.05) is 68.4 Å². The number of carbonyl (C=O) groups excluding carboxylic acids is 2. The summed E-state index contributed by atoms with van der Waals surface area (Å²) >= 11 is 12.4. The topological polar surface area (TPSA) is 73.3 Å². The third-order valence-electron chi connectivity index (χ3n) is 10.3. The number of benzene rings is 5. The van der Waals surface area contributed by atoms with E-state index in [1.165, 1.54) is 16.0 Å². The van der Waals surface area contributed by atoms with Gasteiger partial charge in [-0.05, 0) is 83.6 Å². The molecule has 7 aromatic rings. The van der Waals surface area contributed by atoms with E-state index < -0.39 is 6.04 Å². The van der Waals surface area contributed by atoms with Crippen LogP contribution in [0, 0.1) is 11.8 Å². The second-order valence-electron chi connectivity index (χ2n) is 14.7. The molecule has 8 heteroatoms. The van der Waals surface area contributed by atoms with Gasteiger partial charge in [-0.15, -0.1) is 0 Å². The molecule has 3 heterocycles. The van der Waals surface area contributed by atoms with Crippen LogP contribution >= 0.6 is 23.2 Å². The van der Waals surface area contributed by atoms with Crippen LogP contribution < -0.4 is 5.73 Å². The van der Waals surface area contributed by atoms with Crippen LogP contribution in [-0.2, 0) is 13.1 Å². The van der Waals surface area contributed by atoms with Gasteiger partial charge in [0.15, 0.2) is 0 Å². The van der Waals surface area contributed by atoms with Crippen molar-refractivity contribution in [2.45, 2.75) is 52.9 Å². The summed E-state index contributed by atoms with van der Waals surface area (Å²) < 4.78 is 4.51. The monoisotopic (exact) mass is 754 g/mol. The predicted octanol–water partition coefficient (Wildman–Crippen LogP) is 11.3. The number of halogens is 2. The highest BCUT2D eigenvalue weighted by Crippen LogP contribution is 2.39. The van der Waals surface area contributed by atoms with Crippen LogP contribution in [0.15, 0.2) is 133 Å². The standard InChI is InChI=1S/C27H23ClN2O2.C19H21ClN2/c1-17(2)25(30-26(31)21-10-6-7-11-22(21)27(30)32)24-15-19-14-20(28)12-13-23(19)29(24)16-18-8-4-3-5-9-18;1-13(2)19(21)18-11-15-10-16(20)8-9-17(15)22(18)12-14-6-4-3-5-7-14/h3-15,17,25H,16H2,1-2H3;3-11,13,19H,12,21H2,1-2H3. The van der Waals surface area contributed by atoms with Crippen molar-refractivity contribution < 1.29 is 9.59 Å². The molecule has 0 saturated carbocycles. The molecule has 0 radical (unpaired) electrons. The van der Waals surface area contributed by atoms with Gasteiger partial charge in [0.05, 0.1) is 17.2 Å². The van der Waals surface area contributed by atoms with Gasteiger partial charge in [-0.1, -0.05) is 124 Å². The van der Waals surface area contributed by atoms with Crippen molar-refractivity contribution in [3.63, 3.8) is 0 Å². The van der Waals surface area contributed by atoms with E-state index in [4.69, 9.17) is 28.9 Å². The van der Waals surface area contributed by atoms with Gasteiger partial charge in [0, 0.05) is 62.4 Å². The first-order valence-corrected chi connectivity index (χ1v) is 19.1. The van der Waals surface area contributed by atoms with E-state index in [2.05, 4.69) is 77.6 Å². The minimum Gasteiger partial charge on any atom is -0.339 e. The molecule has 8 rings (SSSR count). The Balaban J connectivity index is 0.000000179. The fourth-order valence-corrected chi connectivity index (χ4v) is 7.87. The van der Waals surface area contributed by atoms with Crippen molar-refractivity contribution in [1.29, 1.82) is 0 Å². The van der Waals surface area contributed by atoms with Crippen LogP contribution in [0.3, 0.4) is 0 Å². The summed E-state index contributed by atoms with van der Waals surface area (Å²) in [5.74, 6) is -0.0708. The minimum absolute atomic E-state index is 0.00916. The number of aromatic nitrogens is 2. The maximum Gasteiger partial charge on any atom is 0.262 e. The maximum absolute atomic E-state index is 13.3. The molecule has 2 N–H and O–H groups in total. The Bertz CT molecular complexity index is 2420. The number of rotatable bonds is 9. The Morgan fingerprint density at radius 2 is 0.963 bits per heavy atom. The lowest BCUT2D eigenvalue weighted by molar-refractivity contribution is 0.0530. The molecule has 2 aromatic heterocycles. The van der Waals surface area contributed by atoms with Crippen molar-refractivity contribution in [3.05, 3.63) is 177 Å². The first-order chi connectivity index (χ1) is 26.0. The summed E-state index contributed by atoms with van der Waals surface area (Å²) in [6, 6.07) is 43.4. The molecule has 0 fully saturated rings. The first kappa shape index (κ1) is 37.2. The predicted molar refractivity (Wildman–Crippen MR) is 221 cm³/mol. The molecule has 0 aliphatic carbocycles. The number of nitrogens with two attached hydrogens (primary N) is 1. The van der Waals surface area contributed by atoms with Gasteiger partial charge in [-0.2, -0.15) is 0 Å². The lowest BCUT2D eigenvalue weighted by Gasteiger charge is -2.31. The first-order valence-electron chi connectivity index (χ1n) is 18.4. The van der Waals surface area contributed by atoms with E-state index in [-0.39, 0.29) is 23.8 Å². The maximum atomic E-state index is 13.3. The zero-order valence-corrected chi connectivity index (χ0v) is 32.4. The third kappa shape index (κ3) is 7.34. The SMILES string of the molecule is CC(C)C(N)c1cc2cc(Cl)ccc2n1Cc1ccccc1.CC(C)C(c1cc2cc(Cl)ccc2n1Cc1ccccc1)N1C(=O)c2ccccc2C1=O. The molecule has 274 valence electrons. The molecule has 1 aliphatic rings. The molecule has 2 amide bonds. The quantitative estimate of drug-likeness (QED) is 0.149. The van der Waals surface area contributed by atoms with Crippen LogP contribution in [0.5, 0.6) is 0 Å². The van der Waals surface area contributed by atoms with Crippen LogP contribution in [-0.4, -0.2) is 25.8 Å². The fourth-order valence-electron chi connectivity index (χ4n) is 7.51. The largest absolute Gasteiger partial charge is 0.339 e. The van der Waals surface area contributed by atoms with Crippen molar-refractivity contribution in [1.82, 2.24) is 14.0 Å². The second-order valence-corrected chi connectivity index (χ2v) is 15.5. The van der Waals surface area contributed by atoms with Gasteiger partial charge in [0.25, 0.3) is 11.8 Å². The van der Waals surface area contributed by atoms with E-state index in [9.17, 15) is 9.59 Å². The van der Waals surface area contributed by atoms with Gasteiger partial charge in [-0.25, -0.2) is 0 Å². The molecule has 0 spiro atoms. The number of amides is 2. The number of hydrogen-bond acceptors (Lipinski definition) is 3. The van der Waals surface area contributed by atoms with E-state index in [0.29, 0.717) is 28.6 Å². The van der Waals surface area contributed by atoms with Crippen LogP contribution in [0.4, 0.5) is 0 Å². The van der Waals surface area contributed by atoms with Gasteiger partial charge >= 0.3 is 0 Å². The van der Waals surface area contributed by atoms with Crippen LogP contribution in [0.25, 0.3) is 21.8 Å². The Morgan fingerprint density at radius 1 is 0.537 bits per heavy atom. The van der Waals surface area contributed by atoms with Crippen LogP contribution in [0.2, 0.25) is 10.0 Å². The number of imide groups is 1. The van der Waals surface area contributed by atoms with Gasteiger partial charge in [-0.3, -0.25) is 14.5 Å². The number of hydrogen-bond donors (Lipinski definition) is 1. The average molecular weight is 756 g/mol. The molecule has 6 nitrogen and oxygen atoms in total. The van der Waals surface area contributed by atoms with E-state index in [0.717, 1.165) is 44.8 Å². The van der Waals surface area contributed by atoms with Gasteiger partial charge in [0.1, 0.15) is 0 Å². The minimum atomic E-state index is -0.405. The summed E-state index contributed by atoms with van der Waals surface area (Å²) in [5.41, 5.74) is 14.1.